The van der Waals surface area contributed by atoms with E-state index in [1.807, 2.05) is 6.92 Å². The number of furan rings is 1. The van der Waals surface area contributed by atoms with Crippen LogP contribution in [-0.2, 0) is 6.42 Å². The number of nitrogens with one attached hydrogen (secondary N) is 1. The number of rotatable bonds is 5. The summed E-state index contributed by atoms with van der Waals surface area (Å²) < 4.78 is 5.81. The van der Waals surface area contributed by atoms with Gasteiger partial charge in [-0.25, -0.2) is 0 Å². The van der Waals surface area contributed by atoms with Crippen molar-refractivity contribution >= 4 is 0 Å². The average molecular weight is 271 g/mol. The summed E-state index contributed by atoms with van der Waals surface area (Å²) in [4.78, 5) is 0. The average Bonchev–Trinajstić information content (AvgIpc) is 2.70. The van der Waals surface area contributed by atoms with Gasteiger partial charge in [-0.1, -0.05) is 38.1 Å². The van der Waals surface area contributed by atoms with Crippen molar-refractivity contribution in [3.8, 4) is 0 Å². The van der Waals surface area contributed by atoms with Crippen LogP contribution in [0, 0.1) is 20.8 Å². The van der Waals surface area contributed by atoms with E-state index in [0.717, 1.165) is 24.5 Å². The lowest BCUT2D eigenvalue weighted by atomic mass is 9.94. The molecule has 2 aromatic rings. The molecule has 0 saturated heterocycles. The van der Waals surface area contributed by atoms with Crippen LogP contribution in [0.25, 0.3) is 0 Å². The van der Waals surface area contributed by atoms with Gasteiger partial charge in [0.05, 0.1) is 6.04 Å². The van der Waals surface area contributed by atoms with Gasteiger partial charge in [0.1, 0.15) is 11.5 Å². The fourth-order valence-electron chi connectivity index (χ4n) is 2.82. The van der Waals surface area contributed by atoms with Crippen LogP contribution in [0.5, 0.6) is 0 Å². The van der Waals surface area contributed by atoms with E-state index in [9.17, 15) is 0 Å². The van der Waals surface area contributed by atoms with Crippen LogP contribution in [0.3, 0.4) is 0 Å². The minimum Gasteiger partial charge on any atom is -0.466 e. The van der Waals surface area contributed by atoms with Crippen molar-refractivity contribution in [1.29, 1.82) is 0 Å². The first kappa shape index (κ1) is 14.9. The van der Waals surface area contributed by atoms with Gasteiger partial charge in [0.25, 0.3) is 0 Å². The Kier molecular flexibility index (Phi) is 4.66. The molecule has 108 valence electrons. The van der Waals surface area contributed by atoms with Gasteiger partial charge in [0.15, 0.2) is 0 Å². The molecule has 0 aliphatic carbocycles. The summed E-state index contributed by atoms with van der Waals surface area (Å²) in [6.07, 6.45) is 1.06. The molecule has 2 rings (SSSR count). The third kappa shape index (κ3) is 2.80. The van der Waals surface area contributed by atoms with E-state index >= 15 is 0 Å². The zero-order valence-electron chi connectivity index (χ0n) is 13.2. The van der Waals surface area contributed by atoms with Crippen molar-refractivity contribution in [2.75, 3.05) is 6.54 Å². The smallest absolute Gasteiger partial charge is 0.106 e. The number of hydrogen-bond acceptors (Lipinski definition) is 2. The second kappa shape index (κ2) is 6.27. The molecule has 1 aromatic carbocycles. The lowest BCUT2D eigenvalue weighted by Crippen LogP contribution is -2.23. The van der Waals surface area contributed by atoms with E-state index in [1.165, 1.54) is 22.3 Å². The summed E-state index contributed by atoms with van der Waals surface area (Å²) in [5, 5.41) is 3.60. The Labute approximate surface area is 122 Å². The fraction of sp³-hybridized carbons (Fsp3) is 0.444. The second-order valence-corrected chi connectivity index (χ2v) is 5.34. The van der Waals surface area contributed by atoms with Crippen molar-refractivity contribution in [3.63, 3.8) is 0 Å². The quantitative estimate of drug-likeness (QED) is 0.868. The highest BCUT2D eigenvalue weighted by molar-refractivity contribution is 5.41. The van der Waals surface area contributed by atoms with Crippen molar-refractivity contribution in [2.45, 2.75) is 47.1 Å². The molecule has 1 aromatic heterocycles. The molecule has 0 aliphatic rings. The van der Waals surface area contributed by atoms with Gasteiger partial charge >= 0.3 is 0 Å². The van der Waals surface area contributed by atoms with Crippen molar-refractivity contribution < 1.29 is 4.42 Å². The Morgan fingerprint density at radius 1 is 1.10 bits per heavy atom. The van der Waals surface area contributed by atoms with Crippen LogP contribution >= 0.6 is 0 Å². The van der Waals surface area contributed by atoms with Gasteiger partial charge in [-0.15, -0.1) is 0 Å². The summed E-state index contributed by atoms with van der Waals surface area (Å²) in [7, 11) is 0. The second-order valence-electron chi connectivity index (χ2n) is 5.34. The zero-order chi connectivity index (χ0) is 14.7. The first-order chi connectivity index (χ1) is 9.58. The van der Waals surface area contributed by atoms with Crippen LogP contribution in [0.15, 0.2) is 28.7 Å². The molecule has 0 radical (unpaired) electrons. The molecular formula is C18H25NO. The molecule has 1 heterocycles. The predicted octanol–water partition coefficient (Wildman–Crippen LogP) is 4.47. The van der Waals surface area contributed by atoms with Gasteiger partial charge in [-0.2, -0.15) is 0 Å². The summed E-state index contributed by atoms with van der Waals surface area (Å²) in [6.45, 7) is 11.5. The fourth-order valence-corrected chi connectivity index (χ4v) is 2.82. The van der Waals surface area contributed by atoms with E-state index in [-0.39, 0.29) is 6.04 Å². The van der Waals surface area contributed by atoms with E-state index in [4.69, 9.17) is 4.42 Å². The van der Waals surface area contributed by atoms with Crippen LogP contribution in [0.4, 0.5) is 0 Å². The van der Waals surface area contributed by atoms with Crippen molar-refractivity contribution in [3.05, 3.63) is 58.0 Å². The van der Waals surface area contributed by atoms with Crippen molar-refractivity contribution in [1.82, 2.24) is 5.32 Å². The summed E-state index contributed by atoms with van der Waals surface area (Å²) in [5.41, 5.74) is 5.24. The maximum absolute atomic E-state index is 5.81. The molecular weight excluding hydrogens is 246 g/mol. The molecule has 1 unspecified atom stereocenters. The van der Waals surface area contributed by atoms with E-state index in [0.29, 0.717) is 0 Å². The van der Waals surface area contributed by atoms with Crippen molar-refractivity contribution in [2.24, 2.45) is 0 Å². The highest BCUT2D eigenvalue weighted by Gasteiger charge is 2.22. The normalized spacial score (nSPS) is 12.7. The van der Waals surface area contributed by atoms with Gasteiger partial charge in [-0.05, 0) is 50.4 Å². The monoisotopic (exact) mass is 271 g/mol. The number of benzene rings is 1. The minimum atomic E-state index is 0.212. The molecule has 0 amide bonds. The predicted molar refractivity (Wildman–Crippen MR) is 84.3 cm³/mol. The van der Waals surface area contributed by atoms with Crippen LogP contribution in [0.1, 0.15) is 53.7 Å². The Bertz CT molecular complexity index is 583. The lowest BCUT2D eigenvalue weighted by molar-refractivity contribution is 0.494. The Hall–Kier alpha value is -1.54. The van der Waals surface area contributed by atoms with Gasteiger partial charge in [-0.3, -0.25) is 0 Å². The van der Waals surface area contributed by atoms with Crippen LogP contribution in [-0.4, -0.2) is 6.54 Å². The largest absolute Gasteiger partial charge is 0.466 e. The topological polar surface area (TPSA) is 25.2 Å². The number of aryl methyl sites for hydroxylation is 3. The molecule has 1 atom stereocenters. The Balaban J connectivity index is 2.50. The highest BCUT2D eigenvalue weighted by atomic mass is 16.3. The highest BCUT2D eigenvalue weighted by Crippen LogP contribution is 2.31. The van der Waals surface area contributed by atoms with E-state index < -0.39 is 0 Å². The first-order valence-electron chi connectivity index (χ1n) is 7.47. The Morgan fingerprint density at radius 2 is 1.85 bits per heavy atom. The maximum Gasteiger partial charge on any atom is 0.106 e. The van der Waals surface area contributed by atoms with Gasteiger partial charge < -0.3 is 9.73 Å². The summed E-state index contributed by atoms with van der Waals surface area (Å²) in [5.74, 6) is 2.04. The molecule has 0 spiro atoms. The van der Waals surface area contributed by atoms with Gasteiger partial charge in [0, 0.05) is 5.56 Å². The third-order valence-electron chi connectivity index (χ3n) is 4.01. The molecule has 0 bridgehead atoms. The molecule has 2 heteroatoms. The Morgan fingerprint density at radius 3 is 2.40 bits per heavy atom. The van der Waals surface area contributed by atoms with Crippen LogP contribution < -0.4 is 5.32 Å². The standard InChI is InChI=1S/C18H25NO/c1-6-15-9-8-10-16(11-15)18(19-7-2)17-12(3)13(4)20-14(17)5/h8-11,18-19H,6-7H2,1-5H3. The molecule has 0 saturated carbocycles. The van der Waals surface area contributed by atoms with E-state index in [1.54, 1.807) is 0 Å². The van der Waals surface area contributed by atoms with Gasteiger partial charge in [0.2, 0.25) is 0 Å². The third-order valence-corrected chi connectivity index (χ3v) is 4.01. The zero-order valence-corrected chi connectivity index (χ0v) is 13.2. The summed E-state index contributed by atoms with van der Waals surface area (Å²) in [6, 6.07) is 9.05. The molecule has 0 fully saturated rings. The minimum absolute atomic E-state index is 0.212. The first-order valence-corrected chi connectivity index (χ1v) is 7.47. The summed E-state index contributed by atoms with van der Waals surface area (Å²) >= 11 is 0. The maximum atomic E-state index is 5.81. The molecule has 20 heavy (non-hydrogen) atoms. The molecule has 1 N–H and O–H groups in total. The lowest BCUT2D eigenvalue weighted by Gasteiger charge is -2.20. The molecule has 2 nitrogen and oxygen atoms in total. The SMILES string of the molecule is CCNC(c1cccc(CC)c1)c1c(C)oc(C)c1C. The van der Waals surface area contributed by atoms with E-state index in [2.05, 4.69) is 57.3 Å². The molecule has 0 aliphatic heterocycles. The number of hydrogen-bond donors (Lipinski definition) is 1. The van der Waals surface area contributed by atoms with Crippen LogP contribution in [0.2, 0.25) is 0 Å².